The number of anilines is 1. The Hall–Kier alpha value is -2.36. The summed E-state index contributed by atoms with van der Waals surface area (Å²) in [6, 6.07) is 9.97. The fourth-order valence-electron chi connectivity index (χ4n) is 2.24. The molecule has 0 aliphatic carbocycles. The summed E-state index contributed by atoms with van der Waals surface area (Å²) in [5.74, 6) is 0.987. The lowest BCUT2D eigenvalue weighted by Gasteiger charge is -2.07. The number of benzene rings is 1. The maximum Gasteiger partial charge on any atom is 0.107 e. The van der Waals surface area contributed by atoms with Crippen LogP contribution in [0.2, 0.25) is 0 Å². The third-order valence-electron chi connectivity index (χ3n) is 3.28. The first-order valence-corrected chi connectivity index (χ1v) is 6.27. The van der Waals surface area contributed by atoms with Crippen LogP contribution in [0.1, 0.15) is 17.1 Å². The standard InChI is InChI=1S/C15H16N4/c1-10-3-4-12(8-17-10)9-19-11(2)18-14-7-13(16)5-6-15(14)19/h3-8H,9,16H2,1-2H3. The molecule has 0 aliphatic rings. The summed E-state index contributed by atoms with van der Waals surface area (Å²) < 4.78 is 2.18. The molecule has 2 aromatic heterocycles. The Labute approximate surface area is 111 Å². The lowest BCUT2D eigenvalue weighted by atomic mass is 10.2. The van der Waals surface area contributed by atoms with Crippen molar-refractivity contribution in [2.75, 3.05) is 5.73 Å². The van der Waals surface area contributed by atoms with Crippen LogP contribution in [0.3, 0.4) is 0 Å². The number of nitrogens with zero attached hydrogens (tertiary/aromatic N) is 3. The van der Waals surface area contributed by atoms with Gasteiger partial charge in [-0.1, -0.05) is 6.07 Å². The summed E-state index contributed by atoms with van der Waals surface area (Å²) in [6.07, 6.45) is 1.91. The van der Waals surface area contributed by atoms with E-state index in [2.05, 4.69) is 20.6 Å². The van der Waals surface area contributed by atoms with Crippen LogP contribution >= 0.6 is 0 Å². The molecule has 2 N–H and O–H groups in total. The highest BCUT2D eigenvalue weighted by Crippen LogP contribution is 2.20. The van der Waals surface area contributed by atoms with E-state index in [1.807, 2.05) is 44.3 Å². The smallest absolute Gasteiger partial charge is 0.107 e. The highest BCUT2D eigenvalue weighted by atomic mass is 15.1. The second kappa shape index (κ2) is 4.39. The Morgan fingerprint density at radius 2 is 2.00 bits per heavy atom. The molecular formula is C15H16N4. The van der Waals surface area contributed by atoms with Gasteiger partial charge in [0.15, 0.2) is 0 Å². The predicted octanol–water partition coefficient (Wildman–Crippen LogP) is 2.68. The molecule has 0 saturated carbocycles. The summed E-state index contributed by atoms with van der Waals surface area (Å²) in [6.45, 7) is 4.78. The average Bonchev–Trinajstić information content (AvgIpc) is 2.68. The minimum Gasteiger partial charge on any atom is -0.399 e. The van der Waals surface area contributed by atoms with Crippen LogP contribution in [0.25, 0.3) is 11.0 Å². The predicted molar refractivity (Wildman–Crippen MR) is 77.0 cm³/mol. The van der Waals surface area contributed by atoms with Gasteiger partial charge in [0.1, 0.15) is 5.82 Å². The van der Waals surface area contributed by atoms with Gasteiger partial charge in [-0.3, -0.25) is 4.98 Å². The number of fused-ring (bicyclic) bond motifs is 1. The maximum atomic E-state index is 5.79. The molecular weight excluding hydrogens is 236 g/mol. The highest BCUT2D eigenvalue weighted by Gasteiger charge is 2.08. The van der Waals surface area contributed by atoms with Crippen LogP contribution in [0.5, 0.6) is 0 Å². The zero-order valence-electron chi connectivity index (χ0n) is 11.1. The fourth-order valence-corrected chi connectivity index (χ4v) is 2.24. The number of imidazole rings is 1. The van der Waals surface area contributed by atoms with Gasteiger partial charge in [-0.25, -0.2) is 4.98 Å². The number of pyridine rings is 1. The molecule has 0 bridgehead atoms. The van der Waals surface area contributed by atoms with Gasteiger partial charge in [-0.2, -0.15) is 0 Å². The van der Waals surface area contributed by atoms with E-state index in [1.54, 1.807) is 0 Å². The van der Waals surface area contributed by atoms with Gasteiger partial charge < -0.3 is 10.3 Å². The van der Waals surface area contributed by atoms with Crippen LogP contribution in [0, 0.1) is 13.8 Å². The van der Waals surface area contributed by atoms with Gasteiger partial charge in [0.2, 0.25) is 0 Å². The summed E-state index contributed by atoms with van der Waals surface area (Å²) in [5.41, 5.74) is 10.8. The topological polar surface area (TPSA) is 56.7 Å². The van der Waals surface area contributed by atoms with E-state index in [-0.39, 0.29) is 0 Å². The van der Waals surface area contributed by atoms with Crippen molar-refractivity contribution in [2.24, 2.45) is 0 Å². The van der Waals surface area contributed by atoms with Gasteiger partial charge in [-0.05, 0) is 43.7 Å². The zero-order chi connectivity index (χ0) is 13.4. The van der Waals surface area contributed by atoms with Crippen molar-refractivity contribution < 1.29 is 0 Å². The van der Waals surface area contributed by atoms with Gasteiger partial charge in [0.05, 0.1) is 17.6 Å². The molecule has 0 saturated heterocycles. The first-order valence-electron chi connectivity index (χ1n) is 6.27. The molecule has 0 aliphatic heterocycles. The molecule has 1 aromatic carbocycles. The molecule has 96 valence electrons. The molecule has 0 fully saturated rings. The highest BCUT2D eigenvalue weighted by molar-refractivity contribution is 5.79. The Kier molecular flexibility index (Phi) is 2.71. The molecule has 0 atom stereocenters. The summed E-state index contributed by atoms with van der Waals surface area (Å²) >= 11 is 0. The Morgan fingerprint density at radius 3 is 2.74 bits per heavy atom. The Morgan fingerprint density at radius 1 is 1.16 bits per heavy atom. The molecule has 0 spiro atoms. The number of aryl methyl sites for hydroxylation is 2. The molecule has 2 heterocycles. The van der Waals surface area contributed by atoms with E-state index in [4.69, 9.17) is 5.73 Å². The molecule has 3 rings (SSSR count). The van der Waals surface area contributed by atoms with Crippen molar-refractivity contribution in [1.82, 2.24) is 14.5 Å². The molecule has 4 heteroatoms. The minimum absolute atomic E-state index is 0.745. The third-order valence-corrected chi connectivity index (χ3v) is 3.28. The van der Waals surface area contributed by atoms with E-state index in [0.717, 1.165) is 34.8 Å². The fraction of sp³-hybridized carbons (Fsp3) is 0.200. The van der Waals surface area contributed by atoms with E-state index in [1.165, 1.54) is 5.56 Å². The maximum absolute atomic E-state index is 5.79. The van der Waals surface area contributed by atoms with E-state index >= 15 is 0 Å². The summed E-state index contributed by atoms with van der Waals surface area (Å²) in [7, 11) is 0. The van der Waals surface area contributed by atoms with Crippen molar-refractivity contribution in [3.63, 3.8) is 0 Å². The quantitative estimate of drug-likeness (QED) is 0.713. The number of hydrogen-bond donors (Lipinski definition) is 1. The molecule has 4 nitrogen and oxygen atoms in total. The van der Waals surface area contributed by atoms with E-state index < -0.39 is 0 Å². The first kappa shape index (κ1) is 11.7. The minimum atomic E-state index is 0.745. The van der Waals surface area contributed by atoms with Crippen LogP contribution in [-0.2, 0) is 6.54 Å². The molecule has 3 aromatic rings. The van der Waals surface area contributed by atoms with Gasteiger partial charge >= 0.3 is 0 Å². The van der Waals surface area contributed by atoms with Gasteiger partial charge in [-0.15, -0.1) is 0 Å². The number of nitrogens with two attached hydrogens (primary N) is 1. The van der Waals surface area contributed by atoms with Crippen molar-refractivity contribution >= 4 is 16.7 Å². The van der Waals surface area contributed by atoms with Crippen molar-refractivity contribution in [3.8, 4) is 0 Å². The monoisotopic (exact) mass is 252 g/mol. The molecule has 19 heavy (non-hydrogen) atoms. The number of hydrogen-bond acceptors (Lipinski definition) is 3. The number of rotatable bonds is 2. The zero-order valence-corrected chi connectivity index (χ0v) is 11.1. The Bertz CT molecular complexity index is 726. The molecule has 0 radical (unpaired) electrons. The number of nitrogen functional groups attached to an aromatic ring is 1. The van der Waals surface area contributed by atoms with Crippen LogP contribution in [0.4, 0.5) is 5.69 Å². The second-order valence-electron chi connectivity index (χ2n) is 4.80. The number of aromatic nitrogens is 3. The SMILES string of the molecule is Cc1ccc(Cn2c(C)nc3cc(N)ccc32)cn1. The normalized spacial score (nSPS) is 11.1. The third kappa shape index (κ3) is 2.17. The first-order chi connectivity index (χ1) is 9.13. The lowest BCUT2D eigenvalue weighted by molar-refractivity contribution is 0.781. The van der Waals surface area contributed by atoms with Crippen molar-refractivity contribution in [3.05, 3.63) is 53.6 Å². The lowest BCUT2D eigenvalue weighted by Crippen LogP contribution is -2.02. The molecule has 0 unspecified atom stereocenters. The largest absolute Gasteiger partial charge is 0.399 e. The van der Waals surface area contributed by atoms with Crippen molar-refractivity contribution in [1.29, 1.82) is 0 Å². The summed E-state index contributed by atoms with van der Waals surface area (Å²) in [5, 5.41) is 0. The summed E-state index contributed by atoms with van der Waals surface area (Å²) in [4.78, 5) is 8.88. The van der Waals surface area contributed by atoms with Crippen LogP contribution in [0.15, 0.2) is 36.5 Å². The Balaban J connectivity index is 2.05. The van der Waals surface area contributed by atoms with Gasteiger partial charge in [0, 0.05) is 17.6 Å². The van der Waals surface area contributed by atoms with E-state index in [9.17, 15) is 0 Å². The van der Waals surface area contributed by atoms with Crippen LogP contribution in [-0.4, -0.2) is 14.5 Å². The van der Waals surface area contributed by atoms with Crippen molar-refractivity contribution in [2.45, 2.75) is 20.4 Å². The van der Waals surface area contributed by atoms with Gasteiger partial charge in [0.25, 0.3) is 0 Å². The average molecular weight is 252 g/mol. The van der Waals surface area contributed by atoms with Crippen LogP contribution < -0.4 is 5.73 Å². The second-order valence-corrected chi connectivity index (χ2v) is 4.80. The van der Waals surface area contributed by atoms with E-state index in [0.29, 0.717) is 0 Å². The molecule has 0 amide bonds.